The highest BCUT2D eigenvalue weighted by atomic mass is 16.6. The fraction of sp³-hybridized carbons (Fsp3) is 0.300. The van der Waals surface area contributed by atoms with E-state index in [0.29, 0.717) is 5.92 Å². The average molecular weight is 203 g/mol. The van der Waals surface area contributed by atoms with Crippen molar-refractivity contribution in [3.05, 3.63) is 34.0 Å². The van der Waals surface area contributed by atoms with Gasteiger partial charge in [0, 0.05) is 23.4 Å². The monoisotopic (exact) mass is 203 g/mol. The Morgan fingerprint density at radius 2 is 2.27 bits per heavy atom. The van der Waals surface area contributed by atoms with Crippen molar-refractivity contribution >= 4 is 16.6 Å². The van der Waals surface area contributed by atoms with Crippen LogP contribution in [0.15, 0.2) is 18.2 Å². The predicted molar refractivity (Wildman–Crippen MR) is 54.7 cm³/mol. The molecule has 0 amide bonds. The van der Waals surface area contributed by atoms with Gasteiger partial charge in [-0.25, -0.2) is 0 Å². The molecule has 1 aliphatic carbocycles. The summed E-state index contributed by atoms with van der Waals surface area (Å²) in [6, 6.07) is 4.85. The first kappa shape index (κ1) is 8.40. The number of benzene rings is 1. The van der Waals surface area contributed by atoms with Gasteiger partial charge < -0.3 is 0 Å². The first-order chi connectivity index (χ1) is 7.25. The topological polar surface area (TPSA) is 71.8 Å². The number of aromatic amines is 1. The second-order valence-electron chi connectivity index (χ2n) is 3.87. The van der Waals surface area contributed by atoms with E-state index in [0.717, 1.165) is 16.6 Å². The van der Waals surface area contributed by atoms with Crippen molar-refractivity contribution < 1.29 is 4.92 Å². The molecule has 0 unspecified atom stereocenters. The van der Waals surface area contributed by atoms with Crippen LogP contribution < -0.4 is 0 Å². The van der Waals surface area contributed by atoms with Gasteiger partial charge in [0.15, 0.2) is 0 Å². The van der Waals surface area contributed by atoms with Crippen LogP contribution in [-0.4, -0.2) is 15.1 Å². The van der Waals surface area contributed by atoms with Crippen LogP contribution in [0.1, 0.15) is 24.5 Å². The van der Waals surface area contributed by atoms with Gasteiger partial charge in [0.1, 0.15) is 0 Å². The molecule has 5 heteroatoms. The van der Waals surface area contributed by atoms with Crippen molar-refractivity contribution in [2.24, 2.45) is 0 Å². The van der Waals surface area contributed by atoms with Gasteiger partial charge in [0.05, 0.1) is 16.1 Å². The van der Waals surface area contributed by atoms with Crippen molar-refractivity contribution in [2.45, 2.75) is 18.8 Å². The summed E-state index contributed by atoms with van der Waals surface area (Å²) in [7, 11) is 0. The van der Waals surface area contributed by atoms with Gasteiger partial charge in [0.2, 0.25) is 0 Å². The second-order valence-corrected chi connectivity index (χ2v) is 3.87. The summed E-state index contributed by atoms with van der Waals surface area (Å²) in [5, 5.41) is 18.6. The standard InChI is InChI=1S/C10H9N3O2/c14-13(15)7-3-4-8-9(5-7)11-12-10(8)6-1-2-6/h3-6H,1-2H2,(H,11,12). The number of nitrogens with one attached hydrogen (secondary N) is 1. The van der Waals surface area contributed by atoms with Crippen LogP contribution in [0.2, 0.25) is 0 Å². The number of aromatic nitrogens is 2. The van der Waals surface area contributed by atoms with Gasteiger partial charge in [-0.15, -0.1) is 0 Å². The molecule has 0 atom stereocenters. The van der Waals surface area contributed by atoms with Crippen molar-refractivity contribution in [2.75, 3.05) is 0 Å². The molecule has 3 rings (SSSR count). The minimum absolute atomic E-state index is 0.105. The fourth-order valence-electron chi connectivity index (χ4n) is 1.81. The number of fused-ring (bicyclic) bond motifs is 1. The summed E-state index contributed by atoms with van der Waals surface area (Å²) >= 11 is 0. The molecule has 76 valence electrons. The Bertz CT molecular complexity index is 543. The Balaban J connectivity index is 2.17. The van der Waals surface area contributed by atoms with Gasteiger partial charge in [-0.1, -0.05) is 0 Å². The molecule has 0 radical (unpaired) electrons. The molecule has 1 aromatic heterocycles. The Hall–Kier alpha value is -1.91. The highest BCUT2D eigenvalue weighted by Crippen LogP contribution is 2.42. The molecule has 5 nitrogen and oxygen atoms in total. The Kier molecular flexibility index (Phi) is 1.56. The third kappa shape index (κ3) is 1.27. The number of nitro groups is 1. The molecule has 15 heavy (non-hydrogen) atoms. The Morgan fingerprint density at radius 1 is 1.47 bits per heavy atom. The van der Waals surface area contributed by atoms with Crippen LogP contribution in [0.25, 0.3) is 10.9 Å². The predicted octanol–water partition coefficient (Wildman–Crippen LogP) is 2.35. The lowest BCUT2D eigenvalue weighted by atomic mass is 10.1. The number of hydrogen-bond acceptors (Lipinski definition) is 3. The Labute approximate surface area is 85.3 Å². The lowest BCUT2D eigenvalue weighted by Crippen LogP contribution is -1.86. The number of non-ortho nitro benzene ring substituents is 1. The zero-order valence-electron chi connectivity index (χ0n) is 7.93. The molecular formula is C10H9N3O2. The van der Waals surface area contributed by atoms with Gasteiger partial charge in [-0.2, -0.15) is 5.10 Å². The third-order valence-corrected chi connectivity index (χ3v) is 2.75. The highest BCUT2D eigenvalue weighted by molar-refractivity contribution is 5.84. The SMILES string of the molecule is O=[N+]([O-])c1ccc2c(C3CC3)n[nH]c2c1. The number of hydrogen-bond donors (Lipinski definition) is 1. The minimum atomic E-state index is -0.392. The maximum Gasteiger partial charge on any atom is 0.271 e. The van der Waals surface area contributed by atoms with Crippen molar-refractivity contribution in [3.63, 3.8) is 0 Å². The molecule has 1 heterocycles. The molecule has 2 aromatic rings. The van der Waals surface area contributed by atoms with E-state index in [2.05, 4.69) is 10.2 Å². The van der Waals surface area contributed by atoms with Gasteiger partial charge in [0.25, 0.3) is 5.69 Å². The van der Waals surface area contributed by atoms with Gasteiger partial charge in [-0.05, 0) is 18.9 Å². The maximum atomic E-state index is 10.6. The maximum absolute atomic E-state index is 10.6. The molecule has 0 spiro atoms. The molecule has 1 fully saturated rings. The highest BCUT2D eigenvalue weighted by Gasteiger charge is 2.28. The summed E-state index contributed by atoms with van der Waals surface area (Å²) in [4.78, 5) is 10.2. The second kappa shape index (κ2) is 2.79. The van der Waals surface area contributed by atoms with E-state index in [1.165, 1.54) is 25.0 Å². The summed E-state index contributed by atoms with van der Waals surface area (Å²) in [5.74, 6) is 0.556. The average Bonchev–Trinajstić information content (AvgIpc) is 2.98. The molecule has 0 bridgehead atoms. The van der Waals surface area contributed by atoms with E-state index in [1.807, 2.05) is 0 Å². The van der Waals surface area contributed by atoms with Crippen LogP contribution in [-0.2, 0) is 0 Å². The quantitative estimate of drug-likeness (QED) is 0.601. The molecule has 1 N–H and O–H groups in total. The zero-order valence-corrected chi connectivity index (χ0v) is 7.93. The van der Waals surface area contributed by atoms with E-state index >= 15 is 0 Å². The molecule has 1 aliphatic rings. The summed E-state index contributed by atoms with van der Waals surface area (Å²) in [5.41, 5.74) is 1.92. The number of rotatable bonds is 2. The molecular weight excluding hydrogens is 194 g/mol. The molecule has 1 saturated carbocycles. The number of nitro benzene ring substituents is 1. The van der Waals surface area contributed by atoms with Crippen LogP contribution in [0.3, 0.4) is 0 Å². The van der Waals surface area contributed by atoms with Crippen LogP contribution >= 0.6 is 0 Å². The normalized spacial score (nSPS) is 15.7. The van der Waals surface area contributed by atoms with Crippen LogP contribution in [0.5, 0.6) is 0 Å². The Morgan fingerprint density at radius 3 is 2.93 bits per heavy atom. The van der Waals surface area contributed by atoms with Crippen molar-refractivity contribution in [3.8, 4) is 0 Å². The van der Waals surface area contributed by atoms with E-state index < -0.39 is 4.92 Å². The number of H-pyrrole nitrogens is 1. The van der Waals surface area contributed by atoms with Gasteiger partial charge in [-0.3, -0.25) is 15.2 Å². The smallest absolute Gasteiger partial charge is 0.271 e. The first-order valence-electron chi connectivity index (χ1n) is 4.88. The lowest BCUT2D eigenvalue weighted by Gasteiger charge is -1.93. The van der Waals surface area contributed by atoms with Gasteiger partial charge >= 0.3 is 0 Å². The van der Waals surface area contributed by atoms with E-state index in [-0.39, 0.29) is 5.69 Å². The summed E-state index contributed by atoms with van der Waals surface area (Å²) < 4.78 is 0. The van der Waals surface area contributed by atoms with Crippen LogP contribution in [0.4, 0.5) is 5.69 Å². The largest absolute Gasteiger partial charge is 0.277 e. The lowest BCUT2D eigenvalue weighted by molar-refractivity contribution is -0.384. The molecule has 0 aliphatic heterocycles. The van der Waals surface area contributed by atoms with Crippen LogP contribution in [0, 0.1) is 10.1 Å². The van der Waals surface area contributed by atoms with E-state index in [9.17, 15) is 10.1 Å². The molecule has 0 saturated heterocycles. The third-order valence-electron chi connectivity index (χ3n) is 2.75. The first-order valence-corrected chi connectivity index (χ1v) is 4.88. The van der Waals surface area contributed by atoms with E-state index in [1.54, 1.807) is 6.07 Å². The zero-order chi connectivity index (χ0) is 10.4. The van der Waals surface area contributed by atoms with Crippen molar-refractivity contribution in [1.29, 1.82) is 0 Å². The van der Waals surface area contributed by atoms with E-state index in [4.69, 9.17) is 0 Å². The minimum Gasteiger partial charge on any atom is -0.277 e. The number of nitrogens with zero attached hydrogens (tertiary/aromatic N) is 2. The summed E-state index contributed by atoms with van der Waals surface area (Å²) in [6.07, 6.45) is 2.36. The fourth-order valence-corrected chi connectivity index (χ4v) is 1.81. The van der Waals surface area contributed by atoms with Crippen molar-refractivity contribution in [1.82, 2.24) is 10.2 Å². The molecule has 1 aromatic carbocycles. The summed E-state index contributed by atoms with van der Waals surface area (Å²) in [6.45, 7) is 0.